The number of aromatic nitrogens is 2. The molecule has 0 aliphatic heterocycles. The van der Waals surface area contributed by atoms with Crippen LogP contribution in [0.4, 0.5) is 0 Å². The van der Waals surface area contributed by atoms with Gasteiger partial charge in [-0.25, -0.2) is 0 Å². The fraction of sp³-hybridized carbons (Fsp3) is 0.389. The van der Waals surface area contributed by atoms with E-state index in [0.29, 0.717) is 18.5 Å². The van der Waals surface area contributed by atoms with Crippen LogP contribution < -0.4 is 5.32 Å². The van der Waals surface area contributed by atoms with Gasteiger partial charge in [0, 0.05) is 17.7 Å². The van der Waals surface area contributed by atoms with Gasteiger partial charge in [0.05, 0.1) is 18.3 Å². The maximum atomic E-state index is 12.5. The highest BCUT2D eigenvalue weighted by Crippen LogP contribution is 2.15. The fourth-order valence-corrected chi connectivity index (χ4v) is 2.44. The van der Waals surface area contributed by atoms with Crippen LogP contribution in [0.2, 0.25) is 0 Å². The summed E-state index contributed by atoms with van der Waals surface area (Å²) in [5.74, 6) is -1.11. The van der Waals surface area contributed by atoms with Crippen LogP contribution in [0.25, 0.3) is 0 Å². The Hall–Kier alpha value is -2.63. The largest absolute Gasteiger partial charge is 0.481 e. The Labute approximate surface area is 141 Å². The average molecular weight is 329 g/mol. The number of amides is 1. The topological polar surface area (TPSA) is 84.2 Å². The number of nitrogens with zero attached hydrogens (tertiary/aromatic N) is 2. The summed E-state index contributed by atoms with van der Waals surface area (Å²) >= 11 is 0. The summed E-state index contributed by atoms with van der Waals surface area (Å²) in [6.07, 6.45) is 1.94. The molecule has 2 aromatic rings. The van der Waals surface area contributed by atoms with Crippen molar-refractivity contribution in [2.75, 3.05) is 0 Å². The molecular weight excluding hydrogens is 306 g/mol. The lowest BCUT2D eigenvalue weighted by Crippen LogP contribution is -2.43. The minimum atomic E-state index is -0.871. The minimum Gasteiger partial charge on any atom is -0.481 e. The van der Waals surface area contributed by atoms with Gasteiger partial charge in [-0.2, -0.15) is 5.10 Å². The zero-order valence-corrected chi connectivity index (χ0v) is 14.2. The van der Waals surface area contributed by atoms with Crippen molar-refractivity contribution in [1.29, 1.82) is 0 Å². The molecule has 6 nitrogen and oxygen atoms in total. The fourth-order valence-electron chi connectivity index (χ4n) is 2.44. The quantitative estimate of drug-likeness (QED) is 0.818. The van der Waals surface area contributed by atoms with Crippen LogP contribution in [-0.4, -0.2) is 32.3 Å². The number of carbonyl (C=O) groups is 2. The van der Waals surface area contributed by atoms with Crippen molar-refractivity contribution in [2.24, 2.45) is 0 Å². The number of aliphatic carboxylic acids is 1. The molecular formula is C18H23N3O3. The third kappa shape index (κ3) is 4.68. The highest BCUT2D eigenvalue weighted by Gasteiger charge is 2.24. The summed E-state index contributed by atoms with van der Waals surface area (Å²) in [5, 5.41) is 16.0. The Morgan fingerprint density at radius 2 is 1.92 bits per heavy atom. The normalized spacial score (nSPS) is 11.3. The van der Waals surface area contributed by atoms with E-state index in [1.807, 2.05) is 51.1 Å². The summed E-state index contributed by atoms with van der Waals surface area (Å²) in [6, 6.07) is 9.91. The lowest BCUT2D eigenvalue weighted by molar-refractivity contribution is -0.137. The molecule has 0 aliphatic rings. The third-order valence-electron chi connectivity index (χ3n) is 3.94. The van der Waals surface area contributed by atoms with Crippen LogP contribution in [0.1, 0.15) is 48.3 Å². The molecule has 128 valence electrons. The molecule has 0 saturated carbocycles. The maximum absolute atomic E-state index is 12.5. The van der Waals surface area contributed by atoms with Gasteiger partial charge in [0.15, 0.2) is 0 Å². The van der Waals surface area contributed by atoms with Crippen LogP contribution in [0.15, 0.2) is 36.5 Å². The third-order valence-corrected chi connectivity index (χ3v) is 3.94. The Morgan fingerprint density at radius 3 is 2.54 bits per heavy atom. The van der Waals surface area contributed by atoms with Gasteiger partial charge in [-0.1, -0.05) is 30.3 Å². The first-order valence-electron chi connectivity index (χ1n) is 7.89. The van der Waals surface area contributed by atoms with Crippen molar-refractivity contribution >= 4 is 11.9 Å². The zero-order chi connectivity index (χ0) is 17.7. The Kier molecular flexibility index (Phi) is 5.39. The number of hydrogen-bond donors (Lipinski definition) is 2. The maximum Gasteiger partial charge on any atom is 0.303 e. The highest BCUT2D eigenvalue weighted by atomic mass is 16.4. The highest BCUT2D eigenvalue weighted by molar-refractivity contribution is 5.95. The van der Waals surface area contributed by atoms with Crippen molar-refractivity contribution < 1.29 is 14.7 Å². The molecule has 0 unspecified atom stereocenters. The second-order valence-corrected chi connectivity index (χ2v) is 6.52. The molecule has 1 heterocycles. The smallest absolute Gasteiger partial charge is 0.303 e. The molecule has 0 aliphatic carbocycles. The van der Waals surface area contributed by atoms with Crippen molar-refractivity contribution in [1.82, 2.24) is 15.1 Å². The number of carbonyl (C=O) groups excluding carboxylic acids is 1. The molecule has 2 N–H and O–H groups in total. The number of nitrogens with one attached hydrogen (secondary N) is 1. The van der Waals surface area contributed by atoms with E-state index in [9.17, 15) is 9.59 Å². The molecule has 6 heteroatoms. The predicted octanol–water partition coefficient (Wildman–Crippen LogP) is 2.61. The standard InChI is InChI=1S/C18H23N3O3/c1-13-15(17(24)20-18(2,3)10-9-16(22)23)11-19-21(13)12-14-7-5-4-6-8-14/h4-8,11H,9-10,12H2,1-3H3,(H,20,24)(H,22,23). The summed E-state index contributed by atoms with van der Waals surface area (Å²) in [6.45, 7) is 6.09. The first-order valence-corrected chi connectivity index (χ1v) is 7.89. The van der Waals surface area contributed by atoms with E-state index in [1.165, 1.54) is 0 Å². The van der Waals surface area contributed by atoms with Crippen LogP contribution in [-0.2, 0) is 11.3 Å². The molecule has 0 spiro atoms. The average Bonchev–Trinajstić information content (AvgIpc) is 2.87. The zero-order valence-electron chi connectivity index (χ0n) is 14.2. The lowest BCUT2D eigenvalue weighted by Gasteiger charge is -2.25. The van der Waals surface area contributed by atoms with Gasteiger partial charge in [0.1, 0.15) is 0 Å². The Morgan fingerprint density at radius 1 is 1.25 bits per heavy atom. The monoisotopic (exact) mass is 329 g/mol. The Bertz CT molecular complexity index is 720. The van der Waals surface area contributed by atoms with Gasteiger partial charge < -0.3 is 10.4 Å². The van der Waals surface area contributed by atoms with E-state index in [4.69, 9.17) is 5.11 Å². The van der Waals surface area contributed by atoms with Gasteiger partial charge in [-0.15, -0.1) is 0 Å². The number of carboxylic acids is 1. The number of benzene rings is 1. The van der Waals surface area contributed by atoms with E-state index in [2.05, 4.69) is 10.4 Å². The van der Waals surface area contributed by atoms with Crippen LogP contribution in [0, 0.1) is 6.92 Å². The van der Waals surface area contributed by atoms with Crippen molar-refractivity contribution in [3.63, 3.8) is 0 Å². The van der Waals surface area contributed by atoms with E-state index < -0.39 is 11.5 Å². The number of carboxylic acid groups (broad SMARTS) is 1. The second-order valence-electron chi connectivity index (χ2n) is 6.52. The molecule has 1 aromatic heterocycles. The van der Waals surface area contributed by atoms with Crippen molar-refractivity contribution in [3.8, 4) is 0 Å². The lowest BCUT2D eigenvalue weighted by atomic mass is 9.98. The minimum absolute atomic E-state index is 0.0134. The SMILES string of the molecule is Cc1c(C(=O)NC(C)(C)CCC(=O)O)cnn1Cc1ccccc1. The molecule has 1 amide bonds. The summed E-state index contributed by atoms with van der Waals surface area (Å²) < 4.78 is 1.79. The van der Waals surface area contributed by atoms with E-state index in [-0.39, 0.29) is 12.3 Å². The van der Waals surface area contributed by atoms with Gasteiger partial charge >= 0.3 is 5.97 Å². The summed E-state index contributed by atoms with van der Waals surface area (Å²) in [4.78, 5) is 23.2. The van der Waals surface area contributed by atoms with Gasteiger partial charge in [0.2, 0.25) is 0 Å². The van der Waals surface area contributed by atoms with E-state index >= 15 is 0 Å². The predicted molar refractivity (Wildman–Crippen MR) is 90.9 cm³/mol. The summed E-state index contributed by atoms with van der Waals surface area (Å²) in [5.41, 5.74) is 1.81. The molecule has 24 heavy (non-hydrogen) atoms. The van der Waals surface area contributed by atoms with Gasteiger partial charge in [-0.3, -0.25) is 14.3 Å². The molecule has 0 saturated heterocycles. The van der Waals surface area contributed by atoms with Crippen LogP contribution >= 0.6 is 0 Å². The first-order chi connectivity index (χ1) is 11.3. The molecule has 0 bridgehead atoms. The first kappa shape index (κ1) is 17.7. The van der Waals surface area contributed by atoms with Gasteiger partial charge in [0.25, 0.3) is 5.91 Å². The molecule has 0 radical (unpaired) electrons. The molecule has 2 rings (SSSR count). The van der Waals surface area contributed by atoms with Crippen LogP contribution in [0.5, 0.6) is 0 Å². The number of hydrogen-bond acceptors (Lipinski definition) is 3. The van der Waals surface area contributed by atoms with Gasteiger partial charge in [-0.05, 0) is 32.8 Å². The molecule has 0 fully saturated rings. The Balaban J connectivity index is 2.07. The molecule has 0 atom stereocenters. The summed E-state index contributed by atoms with van der Waals surface area (Å²) in [7, 11) is 0. The second kappa shape index (κ2) is 7.29. The molecule has 1 aromatic carbocycles. The van der Waals surface area contributed by atoms with E-state index in [1.54, 1.807) is 10.9 Å². The number of rotatable bonds is 7. The van der Waals surface area contributed by atoms with Crippen molar-refractivity contribution in [3.05, 3.63) is 53.3 Å². The van der Waals surface area contributed by atoms with Crippen molar-refractivity contribution in [2.45, 2.75) is 45.7 Å². The van der Waals surface area contributed by atoms with Crippen LogP contribution in [0.3, 0.4) is 0 Å². The van der Waals surface area contributed by atoms with E-state index in [0.717, 1.165) is 11.3 Å².